The highest BCUT2D eigenvalue weighted by Crippen LogP contribution is 2.26. The van der Waals surface area contributed by atoms with Crippen LogP contribution in [0.15, 0.2) is 29.4 Å². The van der Waals surface area contributed by atoms with E-state index < -0.39 is 10.0 Å². The maximum atomic E-state index is 12.1. The highest BCUT2D eigenvalue weighted by molar-refractivity contribution is 7.89. The lowest BCUT2D eigenvalue weighted by Gasteiger charge is -2.09. The number of aryl methyl sites for hydroxylation is 1. The first-order valence-electron chi connectivity index (χ1n) is 5.28. The molecule has 0 fully saturated rings. The number of nitrogen functional groups attached to an aromatic ring is 1. The largest absolute Gasteiger partial charge is 0.398 e. The number of aromatic nitrogens is 3. The molecule has 2 rings (SSSR count). The van der Waals surface area contributed by atoms with Crippen molar-refractivity contribution in [3.63, 3.8) is 0 Å². The second-order valence-corrected chi connectivity index (χ2v) is 5.93. The van der Waals surface area contributed by atoms with Gasteiger partial charge in [0.05, 0.1) is 17.3 Å². The number of nitrogens with two attached hydrogens (primary N) is 1. The van der Waals surface area contributed by atoms with E-state index in [1.807, 2.05) is 0 Å². The standard InChI is InChI=1S/C10H12ClN5O2S/c1-16-6-13-9(15-16)5-14-19(17,18)10-7(11)3-2-4-8(10)12/h2-4,6,14H,5,12H2,1H3. The summed E-state index contributed by atoms with van der Waals surface area (Å²) in [5.41, 5.74) is 5.73. The van der Waals surface area contributed by atoms with Crippen molar-refractivity contribution in [2.24, 2.45) is 7.05 Å². The molecule has 0 bridgehead atoms. The molecule has 102 valence electrons. The first kappa shape index (κ1) is 13.8. The zero-order chi connectivity index (χ0) is 14.0. The van der Waals surface area contributed by atoms with Crippen LogP contribution in [0.3, 0.4) is 0 Å². The van der Waals surface area contributed by atoms with Gasteiger partial charge in [0.15, 0.2) is 5.82 Å². The van der Waals surface area contributed by atoms with Gasteiger partial charge < -0.3 is 5.73 Å². The van der Waals surface area contributed by atoms with E-state index in [1.165, 1.54) is 23.1 Å². The Hall–Kier alpha value is -1.64. The Balaban J connectivity index is 2.23. The van der Waals surface area contributed by atoms with Crippen molar-refractivity contribution < 1.29 is 8.42 Å². The van der Waals surface area contributed by atoms with Crippen LogP contribution in [0, 0.1) is 0 Å². The molecule has 0 saturated carbocycles. The summed E-state index contributed by atoms with van der Waals surface area (Å²) in [7, 11) is -2.12. The Kier molecular flexibility index (Phi) is 3.74. The summed E-state index contributed by atoms with van der Waals surface area (Å²) >= 11 is 5.87. The quantitative estimate of drug-likeness (QED) is 0.802. The normalized spacial score (nSPS) is 11.7. The Morgan fingerprint density at radius 1 is 1.47 bits per heavy atom. The summed E-state index contributed by atoms with van der Waals surface area (Å²) in [6, 6.07) is 4.52. The van der Waals surface area contributed by atoms with Gasteiger partial charge in [-0.3, -0.25) is 4.68 Å². The third kappa shape index (κ3) is 3.03. The number of rotatable bonds is 4. The molecule has 19 heavy (non-hydrogen) atoms. The fraction of sp³-hybridized carbons (Fsp3) is 0.200. The number of nitrogens with one attached hydrogen (secondary N) is 1. The van der Waals surface area contributed by atoms with E-state index in [0.29, 0.717) is 5.82 Å². The first-order valence-corrected chi connectivity index (χ1v) is 7.14. The van der Waals surface area contributed by atoms with E-state index in [0.717, 1.165) is 0 Å². The third-order valence-electron chi connectivity index (χ3n) is 2.33. The molecule has 0 amide bonds. The molecule has 0 atom stereocenters. The summed E-state index contributed by atoms with van der Waals surface area (Å²) in [6.07, 6.45) is 1.48. The van der Waals surface area contributed by atoms with Crippen LogP contribution in [0.5, 0.6) is 0 Å². The Morgan fingerprint density at radius 2 is 2.21 bits per heavy atom. The Morgan fingerprint density at radius 3 is 2.79 bits per heavy atom. The molecule has 3 N–H and O–H groups in total. The van der Waals surface area contributed by atoms with Crippen LogP contribution >= 0.6 is 11.6 Å². The SMILES string of the molecule is Cn1cnc(CNS(=O)(=O)c2c(N)cccc2Cl)n1. The predicted molar refractivity (Wildman–Crippen MR) is 70.9 cm³/mol. The molecule has 0 aliphatic rings. The smallest absolute Gasteiger partial charge is 0.244 e. The average Bonchev–Trinajstić information content (AvgIpc) is 2.72. The van der Waals surface area contributed by atoms with Crippen molar-refractivity contribution in [2.45, 2.75) is 11.4 Å². The van der Waals surface area contributed by atoms with Gasteiger partial charge in [0.25, 0.3) is 0 Å². The minimum Gasteiger partial charge on any atom is -0.398 e. The molecule has 0 aliphatic heterocycles. The van der Waals surface area contributed by atoms with Crippen molar-refractivity contribution in [1.29, 1.82) is 0 Å². The summed E-state index contributed by atoms with van der Waals surface area (Å²) in [4.78, 5) is 3.79. The number of sulfonamides is 1. The molecular weight excluding hydrogens is 290 g/mol. The van der Waals surface area contributed by atoms with Gasteiger partial charge in [-0.2, -0.15) is 5.10 Å². The second kappa shape index (κ2) is 5.16. The van der Waals surface area contributed by atoms with E-state index in [2.05, 4.69) is 14.8 Å². The Bertz CT molecular complexity index is 677. The van der Waals surface area contributed by atoms with Gasteiger partial charge in [0, 0.05) is 7.05 Å². The van der Waals surface area contributed by atoms with Gasteiger partial charge in [0.1, 0.15) is 11.2 Å². The number of hydrogen-bond acceptors (Lipinski definition) is 5. The van der Waals surface area contributed by atoms with Crippen LogP contribution in [0.1, 0.15) is 5.82 Å². The van der Waals surface area contributed by atoms with Crippen LogP contribution < -0.4 is 10.5 Å². The van der Waals surface area contributed by atoms with Gasteiger partial charge in [-0.05, 0) is 12.1 Å². The zero-order valence-corrected chi connectivity index (χ0v) is 11.6. The van der Waals surface area contributed by atoms with Crippen LogP contribution in [-0.2, 0) is 23.6 Å². The van der Waals surface area contributed by atoms with Crippen LogP contribution in [0.2, 0.25) is 5.02 Å². The molecule has 9 heteroatoms. The van der Waals surface area contributed by atoms with E-state index in [4.69, 9.17) is 17.3 Å². The molecule has 1 aromatic carbocycles. The summed E-state index contributed by atoms with van der Waals surface area (Å²) in [6.45, 7) is -0.0339. The molecule has 1 aromatic heterocycles. The molecule has 2 aromatic rings. The van der Waals surface area contributed by atoms with Crippen LogP contribution in [0.4, 0.5) is 5.69 Å². The average molecular weight is 302 g/mol. The fourth-order valence-electron chi connectivity index (χ4n) is 1.51. The van der Waals surface area contributed by atoms with Gasteiger partial charge in [0.2, 0.25) is 10.0 Å². The minimum absolute atomic E-state index is 0.0339. The van der Waals surface area contributed by atoms with Crippen molar-refractivity contribution in [3.8, 4) is 0 Å². The zero-order valence-electron chi connectivity index (χ0n) is 10.0. The monoisotopic (exact) mass is 301 g/mol. The summed E-state index contributed by atoms with van der Waals surface area (Å²) in [5, 5.41) is 4.04. The van der Waals surface area contributed by atoms with Gasteiger partial charge >= 0.3 is 0 Å². The number of anilines is 1. The minimum atomic E-state index is -3.81. The van der Waals surface area contributed by atoms with Gasteiger partial charge in [-0.15, -0.1) is 0 Å². The second-order valence-electron chi connectivity index (χ2n) is 3.82. The topological polar surface area (TPSA) is 103 Å². The van der Waals surface area contributed by atoms with Gasteiger partial charge in [-0.1, -0.05) is 17.7 Å². The summed E-state index contributed by atoms with van der Waals surface area (Å²) in [5.74, 6) is 0.358. The highest BCUT2D eigenvalue weighted by Gasteiger charge is 2.21. The summed E-state index contributed by atoms with van der Waals surface area (Å²) < 4.78 is 28.1. The lowest BCUT2D eigenvalue weighted by molar-refractivity contribution is 0.579. The van der Waals surface area contributed by atoms with Crippen molar-refractivity contribution in [1.82, 2.24) is 19.5 Å². The lowest BCUT2D eigenvalue weighted by atomic mass is 10.3. The molecule has 0 saturated heterocycles. The Labute approximate surface area is 115 Å². The lowest BCUT2D eigenvalue weighted by Crippen LogP contribution is -2.25. The fourth-order valence-corrected chi connectivity index (χ4v) is 3.16. The molecule has 1 heterocycles. The van der Waals surface area contributed by atoms with E-state index in [9.17, 15) is 8.42 Å². The molecule has 0 aliphatic carbocycles. The third-order valence-corrected chi connectivity index (χ3v) is 4.28. The molecule has 7 nitrogen and oxygen atoms in total. The van der Waals surface area contributed by atoms with Crippen molar-refractivity contribution in [2.75, 3.05) is 5.73 Å². The van der Waals surface area contributed by atoms with E-state index >= 15 is 0 Å². The number of hydrogen-bond donors (Lipinski definition) is 2. The van der Waals surface area contributed by atoms with Gasteiger partial charge in [-0.25, -0.2) is 18.1 Å². The maximum Gasteiger partial charge on any atom is 0.244 e. The highest BCUT2D eigenvalue weighted by atomic mass is 35.5. The first-order chi connectivity index (χ1) is 8.90. The molecule has 0 unspecified atom stereocenters. The van der Waals surface area contributed by atoms with Crippen LogP contribution in [-0.4, -0.2) is 23.2 Å². The predicted octanol–water partition coefficient (Wildman–Crippen LogP) is 0.529. The molecular formula is C10H12ClN5O2S. The number of halogens is 1. The maximum absolute atomic E-state index is 12.1. The van der Waals surface area contributed by atoms with Crippen molar-refractivity contribution in [3.05, 3.63) is 35.4 Å². The van der Waals surface area contributed by atoms with E-state index in [-0.39, 0.29) is 22.2 Å². The van der Waals surface area contributed by atoms with E-state index in [1.54, 1.807) is 13.1 Å². The van der Waals surface area contributed by atoms with Crippen molar-refractivity contribution >= 4 is 27.3 Å². The molecule has 0 spiro atoms. The van der Waals surface area contributed by atoms with Crippen LogP contribution in [0.25, 0.3) is 0 Å². The number of benzene rings is 1. The number of nitrogens with zero attached hydrogens (tertiary/aromatic N) is 3. The molecule has 0 radical (unpaired) electrons.